The van der Waals surface area contributed by atoms with Gasteiger partial charge >= 0.3 is 0 Å². The summed E-state index contributed by atoms with van der Waals surface area (Å²) in [4.78, 5) is 15.6. The first-order chi connectivity index (χ1) is 9.06. The molecular formula is C15H12ClNO2. The van der Waals surface area contributed by atoms with Gasteiger partial charge in [-0.15, -0.1) is 0 Å². The Kier molecular flexibility index (Phi) is 2.72. The van der Waals surface area contributed by atoms with Crippen molar-refractivity contribution < 1.29 is 9.21 Å². The van der Waals surface area contributed by atoms with Gasteiger partial charge in [-0.05, 0) is 32.0 Å². The fraction of sp³-hybridized carbons (Fsp3) is 0.133. The molecule has 0 aliphatic heterocycles. The number of nitrogens with one attached hydrogen (secondary N) is 1. The van der Waals surface area contributed by atoms with E-state index in [4.69, 9.17) is 16.0 Å². The van der Waals surface area contributed by atoms with E-state index in [9.17, 15) is 4.79 Å². The monoisotopic (exact) mass is 273 g/mol. The number of ketones is 1. The molecule has 0 saturated carbocycles. The average molecular weight is 274 g/mol. The summed E-state index contributed by atoms with van der Waals surface area (Å²) in [5.74, 6) is 1.34. The van der Waals surface area contributed by atoms with E-state index < -0.39 is 0 Å². The van der Waals surface area contributed by atoms with Crippen molar-refractivity contribution in [3.05, 3.63) is 58.1 Å². The van der Waals surface area contributed by atoms with Crippen molar-refractivity contribution >= 4 is 28.3 Å². The summed E-state index contributed by atoms with van der Waals surface area (Å²) in [6.45, 7) is 3.63. The topological polar surface area (TPSA) is 46.0 Å². The molecule has 2 aromatic heterocycles. The largest absolute Gasteiger partial charge is 0.466 e. The van der Waals surface area contributed by atoms with Gasteiger partial charge in [-0.25, -0.2) is 0 Å². The second-order valence-electron chi connectivity index (χ2n) is 4.55. The summed E-state index contributed by atoms with van der Waals surface area (Å²) in [5, 5.41) is 1.51. The highest BCUT2D eigenvalue weighted by Crippen LogP contribution is 2.26. The van der Waals surface area contributed by atoms with E-state index >= 15 is 0 Å². The molecule has 0 saturated heterocycles. The van der Waals surface area contributed by atoms with Gasteiger partial charge < -0.3 is 9.40 Å². The Balaban J connectivity index is 2.14. The summed E-state index contributed by atoms with van der Waals surface area (Å²) < 4.78 is 5.41. The summed E-state index contributed by atoms with van der Waals surface area (Å²) in [6.07, 6.45) is 1.71. The van der Waals surface area contributed by atoms with Crippen molar-refractivity contribution in [1.29, 1.82) is 0 Å². The highest BCUT2D eigenvalue weighted by molar-refractivity contribution is 6.31. The van der Waals surface area contributed by atoms with Crippen LogP contribution in [-0.2, 0) is 0 Å². The molecule has 0 amide bonds. The summed E-state index contributed by atoms with van der Waals surface area (Å²) in [5.41, 5.74) is 2.10. The number of benzene rings is 1. The van der Waals surface area contributed by atoms with E-state index in [-0.39, 0.29) is 5.78 Å². The molecule has 0 bridgehead atoms. The predicted molar refractivity (Wildman–Crippen MR) is 74.9 cm³/mol. The third kappa shape index (κ3) is 1.96. The van der Waals surface area contributed by atoms with Crippen molar-refractivity contribution in [2.45, 2.75) is 13.8 Å². The number of aryl methyl sites for hydroxylation is 2. The molecule has 19 heavy (non-hydrogen) atoms. The second kappa shape index (κ2) is 4.28. The highest BCUT2D eigenvalue weighted by Gasteiger charge is 2.18. The van der Waals surface area contributed by atoms with Crippen molar-refractivity contribution in [1.82, 2.24) is 4.98 Å². The van der Waals surface area contributed by atoms with E-state index in [1.54, 1.807) is 31.3 Å². The predicted octanol–water partition coefficient (Wildman–Crippen LogP) is 4.26. The highest BCUT2D eigenvalue weighted by atomic mass is 35.5. The van der Waals surface area contributed by atoms with Crippen LogP contribution in [0.3, 0.4) is 0 Å². The molecule has 1 aromatic carbocycles. The van der Waals surface area contributed by atoms with Crippen LogP contribution in [-0.4, -0.2) is 10.8 Å². The lowest BCUT2D eigenvalue weighted by atomic mass is 10.0. The number of rotatable bonds is 2. The minimum absolute atomic E-state index is 0.0390. The Hall–Kier alpha value is -2.00. The van der Waals surface area contributed by atoms with Crippen molar-refractivity contribution in [2.24, 2.45) is 0 Å². The van der Waals surface area contributed by atoms with Crippen LogP contribution >= 0.6 is 11.6 Å². The maximum Gasteiger partial charge on any atom is 0.198 e. The minimum atomic E-state index is -0.0390. The van der Waals surface area contributed by atoms with E-state index in [2.05, 4.69) is 4.98 Å². The molecule has 0 atom stereocenters. The van der Waals surface area contributed by atoms with Gasteiger partial charge in [0.1, 0.15) is 11.5 Å². The van der Waals surface area contributed by atoms with Crippen LogP contribution in [0.15, 0.2) is 34.9 Å². The Morgan fingerprint density at radius 3 is 2.68 bits per heavy atom. The molecule has 3 nitrogen and oxygen atoms in total. The lowest BCUT2D eigenvalue weighted by molar-refractivity contribution is 0.103. The van der Waals surface area contributed by atoms with E-state index in [1.807, 2.05) is 13.0 Å². The third-order valence-electron chi connectivity index (χ3n) is 3.17. The fourth-order valence-corrected chi connectivity index (χ4v) is 2.46. The molecule has 2 heterocycles. The van der Waals surface area contributed by atoms with Crippen LogP contribution in [0.4, 0.5) is 0 Å². The zero-order chi connectivity index (χ0) is 13.6. The first-order valence-corrected chi connectivity index (χ1v) is 6.32. The van der Waals surface area contributed by atoms with E-state index in [1.165, 1.54) is 0 Å². The van der Waals surface area contributed by atoms with E-state index in [0.29, 0.717) is 21.9 Å². The van der Waals surface area contributed by atoms with Gasteiger partial charge in [-0.3, -0.25) is 4.79 Å². The zero-order valence-electron chi connectivity index (χ0n) is 10.6. The molecule has 0 aliphatic rings. The quantitative estimate of drug-likeness (QED) is 0.709. The number of aromatic nitrogens is 1. The molecule has 3 aromatic rings. The normalized spacial score (nSPS) is 11.1. The summed E-state index contributed by atoms with van der Waals surface area (Å²) in [7, 11) is 0. The molecule has 0 unspecified atom stereocenters. The first-order valence-electron chi connectivity index (χ1n) is 5.94. The lowest BCUT2D eigenvalue weighted by Crippen LogP contribution is -2.00. The Labute approximate surface area is 115 Å². The van der Waals surface area contributed by atoms with Crippen LogP contribution in [0, 0.1) is 13.8 Å². The van der Waals surface area contributed by atoms with Gasteiger partial charge in [-0.1, -0.05) is 17.7 Å². The smallest absolute Gasteiger partial charge is 0.198 e. The molecule has 1 N–H and O–H groups in total. The minimum Gasteiger partial charge on any atom is -0.466 e. The number of aromatic amines is 1. The molecule has 0 aliphatic carbocycles. The Morgan fingerprint density at radius 2 is 2.00 bits per heavy atom. The third-order valence-corrected chi connectivity index (χ3v) is 3.41. The number of furan rings is 1. The number of halogens is 1. The van der Waals surface area contributed by atoms with Gasteiger partial charge in [0.2, 0.25) is 0 Å². The van der Waals surface area contributed by atoms with E-state index in [0.717, 1.165) is 16.7 Å². The van der Waals surface area contributed by atoms with Gasteiger partial charge in [0.25, 0.3) is 0 Å². The number of carbonyl (C=O) groups excluding carboxylic acids is 1. The molecule has 4 heteroatoms. The Bertz CT molecular complexity index is 783. The van der Waals surface area contributed by atoms with Crippen LogP contribution in [0.1, 0.15) is 27.4 Å². The molecule has 96 valence electrons. The molecule has 0 spiro atoms. The maximum absolute atomic E-state index is 12.5. The number of carbonyl (C=O) groups is 1. The number of H-pyrrole nitrogens is 1. The second-order valence-corrected chi connectivity index (χ2v) is 4.98. The van der Waals surface area contributed by atoms with Crippen LogP contribution in [0.25, 0.3) is 10.9 Å². The van der Waals surface area contributed by atoms with Gasteiger partial charge in [-0.2, -0.15) is 0 Å². The Morgan fingerprint density at radius 1 is 1.21 bits per heavy atom. The maximum atomic E-state index is 12.5. The van der Waals surface area contributed by atoms with Crippen molar-refractivity contribution in [2.75, 3.05) is 0 Å². The van der Waals surface area contributed by atoms with Gasteiger partial charge in [0.05, 0.1) is 5.56 Å². The zero-order valence-corrected chi connectivity index (χ0v) is 11.3. The number of fused-ring (bicyclic) bond motifs is 1. The van der Waals surface area contributed by atoms with Gasteiger partial charge in [0, 0.05) is 27.7 Å². The van der Waals surface area contributed by atoms with Crippen LogP contribution in [0.5, 0.6) is 0 Å². The first kappa shape index (κ1) is 12.1. The fourth-order valence-electron chi connectivity index (χ4n) is 2.29. The molecule has 0 radical (unpaired) electrons. The lowest BCUT2D eigenvalue weighted by Gasteiger charge is -1.98. The standard InChI is InChI=1S/C15H12ClNO2/c1-8-5-12(9(2)19-8)15(18)13-7-17-14-6-10(16)3-4-11(13)14/h3-7,17H,1-2H3. The van der Waals surface area contributed by atoms with Crippen molar-refractivity contribution in [3.8, 4) is 0 Å². The molecule has 0 fully saturated rings. The summed E-state index contributed by atoms with van der Waals surface area (Å²) in [6, 6.07) is 7.21. The summed E-state index contributed by atoms with van der Waals surface area (Å²) >= 11 is 5.93. The average Bonchev–Trinajstić information content (AvgIpc) is 2.91. The van der Waals surface area contributed by atoms with Crippen LogP contribution in [0.2, 0.25) is 5.02 Å². The van der Waals surface area contributed by atoms with Crippen LogP contribution < -0.4 is 0 Å². The van der Waals surface area contributed by atoms with Gasteiger partial charge in [0.15, 0.2) is 5.78 Å². The number of hydrogen-bond acceptors (Lipinski definition) is 2. The SMILES string of the molecule is Cc1cc(C(=O)c2c[nH]c3cc(Cl)ccc23)c(C)o1. The molecule has 3 rings (SSSR count). The number of hydrogen-bond donors (Lipinski definition) is 1. The molecular weight excluding hydrogens is 262 g/mol. The van der Waals surface area contributed by atoms with Crippen molar-refractivity contribution in [3.63, 3.8) is 0 Å².